The van der Waals surface area contributed by atoms with Gasteiger partial charge in [-0.2, -0.15) is 0 Å². The molecule has 1 aromatic heterocycles. The average molecular weight is 356 g/mol. The van der Waals surface area contributed by atoms with Gasteiger partial charge in [-0.3, -0.25) is 24.7 Å². The van der Waals surface area contributed by atoms with Crippen LogP contribution in [-0.4, -0.2) is 21.7 Å². The monoisotopic (exact) mass is 356 g/mol. The van der Waals surface area contributed by atoms with Crippen molar-refractivity contribution in [2.24, 2.45) is 5.92 Å². The first-order valence-corrected chi connectivity index (χ1v) is 8.03. The number of rotatable bonds is 5. The van der Waals surface area contributed by atoms with Crippen LogP contribution in [0.3, 0.4) is 0 Å². The van der Waals surface area contributed by atoms with Crippen molar-refractivity contribution in [3.63, 3.8) is 0 Å². The van der Waals surface area contributed by atoms with Gasteiger partial charge in [0.15, 0.2) is 0 Å². The Kier molecular flexibility index (Phi) is 5.66. The lowest BCUT2D eigenvalue weighted by molar-refractivity contribution is -0.385. The Balaban J connectivity index is 2.28. The van der Waals surface area contributed by atoms with Crippen LogP contribution in [0.15, 0.2) is 30.5 Å². The van der Waals surface area contributed by atoms with Gasteiger partial charge in [-0.05, 0) is 31.5 Å². The van der Waals surface area contributed by atoms with E-state index in [9.17, 15) is 19.7 Å². The topological polar surface area (TPSA) is 114 Å². The second-order valence-corrected chi connectivity index (χ2v) is 6.21. The number of hydrogen-bond acceptors (Lipinski definition) is 5. The van der Waals surface area contributed by atoms with Crippen LogP contribution in [0.2, 0.25) is 0 Å². The van der Waals surface area contributed by atoms with Crippen LogP contribution >= 0.6 is 0 Å². The highest BCUT2D eigenvalue weighted by Gasteiger charge is 2.17. The van der Waals surface area contributed by atoms with Crippen LogP contribution < -0.4 is 10.6 Å². The molecule has 0 spiro atoms. The number of nitro groups is 1. The lowest BCUT2D eigenvalue weighted by Gasteiger charge is -2.13. The lowest BCUT2D eigenvalue weighted by atomic mass is 10.1. The van der Waals surface area contributed by atoms with E-state index in [-0.39, 0.29) is 23.1 Å². The number of nitrogens with one attached hydrogen (secondary N) is 2. The first-order valence-electron chi connectivity index (χ1n) is 8.03. The summed E-state index contributed by atoms with van der Waals surface area (Å²) >= 11 is 0. The van der Waals surface area contributed by atoms with Gasteiger partial charge in [-0.25, -0.2) is 0 Å². The molecular formula is C18H20N4O4. The number of aryl methyl sites for hydroxylation is 2. The number of pyridine rings is 1. The normalized spacial score (nSPS) is 10.5. The van der Waals surface area contributed by atoms with E-state index in [1.165, 1.54) is 6.07 Å². The van der Waals surface area contributed by atoms with Crippen molar-refractivity contribution in [3.8, 4) is 0 Å². The number of nitrogens with zero attached hydrogens (tertiary/aromatic N) is 2. The van der Waals surface area contributed by atoms with Gasteiger partial charge in [0.1, 0.15) is 6.20 Å². The standard InChI is InChI=1S/C18H20N4O4/c1-10(2)17(23)20-13-6-5-11(3)16(7-13)21-18(24)15-8-14(22(25)26)9-19-12(15)4/h5-10H,1-4H3,(H,20,23)(H,21,24). The minimum atomic E-state index is -0.601. The number of amides is 2. The van der Waals surface area contributed by atoms with E-state index in [2.05, 4.69) is 15.6 Å². The van der Waals surface area contributed by atoms with Crippen molar-refractivity contribution in [2.45, 2.75) is 27.7 Å². The van der Waals surface area contributed by atoms with E-state index in [1.807, 2.05) is 6.92 Å². The summed E-state index contributed by atoms with van der Waals surface area (Å²) < 4.78 is 0. The highest BCUT2D eigenvalue weighted by Crippen LogP contribution is 2.23. The summed E-state index contributed by atoms with van der Waals surface area (Å²) in [6, 6.07) is 6.35. The number of aromatic nitrogens is 1. The fourth-order valence-electron chi connectivity index (χ4n) is 2.16. The summed E-state index contributed by atoms with van der Waals surface area (Å²) in [5, 5.41) is 16.4. The molecule has 1 heterocycles. The Morgan fingerprint density at radius 2 is 1.85 bits per heavy atom. The SMILES string of the molecule is Cc1ccc(NC(=O)C(C)C)cc1NC(=O)c1cc([N+](=O)[O-])cnc1C. The van der Waals surface area contributed by atoms with Crippen molar-refractivity contribution < 1.29 is 14.5 Å². The molecule has 0 saturated carbocycles. The van der Waals surface area contributed by atoms with Gasteiger partial charge in [0.2, 0.25) is 5.91 Å². The summed E-state index contributed by atoms with van der Waals surface area (Å²) in [5.74, 6) is -0.813. The minimum absolute atomic E-state index is 0.121. The third-order valence-electron chi connectivity index (χ3n) is 3.81. The zero-order chi connectivity index (χ0) is 19.4. The molecule has 26 heavy (non-hydrogen) atoms. The fraction of sp³-hybridized carbons (Fsp3) is 0.278. The van der Waals surface area contributed by atoms with Gasteiger partial charge in [-0.1, -0.05) is 19.9 Å². The molecule has 0 bridgehead atoms. The highest BCUT2D eigenvalue weighted by atomic mass is 16.6. The second-order valence-electron chi connectivity index (χ2n) is 6.21. The molecule has 0 radical (unpaired) electrons. The van der Waals surface area contributed by atoms with E-state index in [0.29, 0.717) is 17.1 Å². The molecule has 0 saturated heterocycles. The van der Waals surface area contributed by atoms with E-state index in [0.717, 1.165) is 11.8 Å². The van der Waals surface area contributed by atoms with Crippen molar-refractivity contribution in [1.29, 1.82) is 0 Å². The maximum Gasteiger partial charge on any atom is 0.288 e. The van der Waals surface area contributed by atoms with Crippen molar-refractivity contribution in [2.75, 3.05) is 10.6 Å². The van der Waals surface area contributed by atoms with E-state index in [1.54, 1.807) is 39.0 Å². The second kappa shape index (κ2) is 7.73. The minimum Gasteiger partial charge on any atom is -0.326 e. The number of carbonyl (C=O) groups excluding carboxylic acids is 2. The Hall–Kier alpha value is -3.29. The predicted molar refractivity (Wildman–Crippen MR) is 98.2 cm³/mol. The van der Waals surface area contributed by atoms with Gasteiger partial charge in [0, 0.05) is 23.4 Å². The molecule has 0 atom stereocenters. The third-order valence-corrected chi connectivity index (χ3v) is 3.81. The molecule has 0 unspecified atom stereocenters. The summed E-state index contributed by atoms with van der Waals surface area (Å²) in [5.41, 5.74) is 2.10. The first-order chi connectivity index (χ1) is 12.2. The van der Waals surface area contributed by atoms with E-state index < -0.39 is 10.8 Å². The molecule has 0 aliphatic rings. The number of benzene rings is 1. The predicted octanol–water partition coefficient (Wildman–Crippen LogP) is 3.45. The zero-order valence-electron chi connectivity index (χ0n) is 15.0. The molecule has 0 aliphatic carbocycles. The van der Waals surface area contributed by atoms with E-state index >= 15 is 0 Å². The van der Waals surface area contributed by atoms with Gasteiger partial charge in [0.05, 0.1) is 16.2 Å². The molecule has 1 aromatic carbocycles. The number of carbonyl (C=O) groups is 2. The molecule has 0 fully saturated rings. The Morgan fingerprint density at radius 1 is 1.15 bits per heavy atom. The summed E-state index contributed by atoms with van der Waals surface area (Å²) in [6.07, 6.45) is 1.11. The molecule has 2 aromatic rings. The lowest BCUT2D eigenvalue weighted by Crippen LogP contribution is -2.18. The average Bonchev–Trinajstić information content (AvgIpc) is 2.57. The van der Waals surface area contributed by atoms with Crippen LogP contribution in [0.25, 0.3) is 0 Å². The van der Waals surface area contributed by atoms with E-state index in [4.69, 9.17) is 0 Å². The summed E-state index contributed by atoms with van der Waals surface area (Å²) in [7, 11) is 0. The van der Waals surface area contributed by atoms with Crippen LogP contribution in [0.1, 0.15) is 35.5 Å². The van der Waals surface area contributed by atoms with Crippen molar-refractivity contribution >= 4 is 28.9 Å². The molecule has 2 N–H and O–H groups in total. The van der Waals surface area contributed by atoms with Crippen molar-refractivity contribution in [3.05, 3.63) is 57.4 Å². The van der Waals surface area contributed by atoms with Crippen LogP contribution in [0, 0.1) is 29.9 Å². The largest absolute Gasteiger partial charge is 0.326 e. The molecule has 2 rings (SSSR count). The molecule has 0 aliphatic heterocycles. The Labute approximate surface area is 150 Å². The number of anilines is 2. The van der Waals surface area contributed by atoms with Gasteiger partial charge in [0.25, 0.3) is 11.6 Å². The highest BCUT2D eigenvalue weighted by molar-refractivity contribution is 6.06. The molecular weight excluding hydrogens is 336 g/mol. The van der Waals surface area contributed by atoms with Gasteiger partial charge < -0.3 is 10.6 Å². The number of hydrogen-bond donors (Lipinski definition) is 2. The molecule has 136 valence electrons. The molecule has 8 nitrogen and oxygen atoms in total. The zero-order valence-corrected chi connectivity index (χ0v) is 15.0. The summed E-state index contributed by atoms with van der Waals surface area (Å²) in [6.45, 7) is 6.97. The quantitative estimate of drug-likeness (QED) is 0.629. The van der Waals surface area contributed by atoms with Gasteiger partial charge >= 0.3 is 0 Å². The fourth-order valence-corrected chi connectivity index (χ4v) is 2.16. The van der Waals surface area contributed by atoms with Crippen molar-refractivity contribution in [1.82, 2.24) is 4.98 Å². The summed E-state index contributed by atoms with van der Waals surface area (Å²) in [4.78, 5) is 38.6. The molecule has 8 heteroatoms. The van der Waals surface area contributed by atoms with Crippen LogP contribution in [-0.2, 0) is 4.79 Å². The smallest absolute Gasteiger partial charge is 0.288 e. The van der Waals surface area contributed by atoms with Crippen LogP contribution in [0.4, 0.5) is 17.1 Å². The Morgan fingerprint density at radius 3 is 2.46 bits per heavy atom. The third kappa shape index (κ3) is 4.41. The van der Waals surface area contributed by atoms with Gasteiger partial charge in [-0.15, -0.1) is 0 Å². The Bertz CT molecular complexity index is 877. The maximum absolute atomic E-state index is 12.5. The molecule has 2 amide bonds. The first kappa shape index (κ1) is 19.0. The van der Waals surface area contributed by atoms with Crippen LogP contribution in [0.5, 0.6) is 0 Å². The maximum atomic E-state index is 12.5.